The first-order valence-electron chi connectivity index (χ1n) is 8.93. The molecule has 2 heterocycles. The molecular formula is C20H22BrN3O. The molecule has 0 spiro atoms. The fourth-order valence-electron chi connectivity index (χ4n) is 3.82. The maximum atomic E-state index is 13.4. The number of anilines is 3. The number of rotatable bonds is 1. The summed E-state index contributed by atoms with van der Waals surface area (Å²) in [5, 5.41) is 3.40. The van der Waals surface area contributed by atoms with E-state index < -0.39 is 0 Å². The van der Waals surface area contributed by atoms with Crippen molar-refractivity contribution in [1.82, 2.24) is 4.98 Å². The third-order valence-corrected chi connectivity index (χ3v) is 5.85. The second-order valence-corrected chi connectivity index (χ2v) is 8.09. The summed E-state index contributed by atoms with van der Waals surface area (Å²) in [4.78, 5) is 19.8. The van der Waals surface area contributed by atoms with Gasteiger partial charge in [-0.3, -0.25) is 4.79 Å². The highest BCUT2D eigenvalue weighted by Crippen LogP contribution is 2.39. The summed E-state index contributed by atoms with van der Waals surface area (Å²) in [5.41, 5.74) is 2.90. The zero-order chi connectivity index (χ0) is 17.4. The topological polar surface area (TPSA) is 45.2 Å². The lowest BCUT2D eigenvalue weighted by Crippen LogP contribution is -2.37. The van der Waals surface area contributed by atoms with E-state index >= 15 is 0 Å². The van der Waals surface area contributed by atoms with E-state index in [1.807, 2.05) is 35.2 Å². The highest BCUT2D eigenvalue weighted by molar-refractivity contribution is 9.10. The van der Waals surface area contributed by atoms with Crippen LogP contribution in [0.3, 0.4) is 0 Å². The molecule has 2 aliphatic rings. The molecule has 1 fully saturated rings. The number of amides is 1. The van der Waals surface area contributed by atoms with Crippen molar-refractivity contribution in [3.05, 3.63) is 46.6 Å². The second kappa shape index (κ2) is 6.79. The normalized spacial score (nSPS) is 22.4. The maximum absolute atomic E-state index is 13.4. The zero-order valence-electron chi connectivity index (χ0n) is 14.3. The van der Waals surface area contributed by atoms with Crippen LogP contribution >= 0.6 is 15.9 Å². The molecule has 0 unspecified atom stereocenters. The maximum Gasteiger partial charge on any atom is 0.230 e. The predicted molar refractivity (Wildman–Crippen MR) is 104 cm³/mol. The summed E-state index contributed by atoms with van der Waals surface area (Å²) in [6, 6.07) is 9.99. The number of fused-ring (bicyclic) bond motifs is 2. The molecule has 1 aliphatic heterocycles. The Balaban J connectivity index is 1.72. The van der Waals surface area contributed by atoms with Crippen molar-refractivity contribution in [1.29, 1.82) is 0 Å². The Morgan fingerprint density at radius 3 is 2.84 bits per heavy atom. The third kappa shape index (κ3) is 3.30. The SMILES string of the molecule is CC1CCC(C(=O)N2Cc3cccnc3Nc3ccc(Br)cc32)CC1. The van der Waals surface area contributed by atoms with Gasteiger partial charge < -0.3 is 10.2 Å². The van der Waals surface area contributed by atoms with Crippen LogP contribution in [0.2, 0.25) is 0 Å². The van der Waals surface area contributed by atoms with Gasteiger partial charge in [-0.15, -0.1) is 0 Å². The van der Waals surface area contributed by atoms with E-state index in [1.165, 1.54) is 0 Å². The minimum absolute atomic E-state index is 0.126. The van der Waals surface area contributed by atoms with Crippen LogP contribution in [-0.4, -0.2) is 10.9 Å². The van der Waals surface area contributed by atoms with Crippen LogP contribution in [0.4, 0.5) is 17.2 Å². The van der Waals surface area contributed by atoms with Crippen molar-refractivity contribution < 1.29 is 4.79 Å². The van der Waals surface area contributed by atoms with Crippen molar-refractivity contribution in [2.24, 2.45) is 11.8 Å². The molecule has 1 aliphatic carbocycles. The van der Waals surface area contributed by atoms with Gasteiger partial charge in [0.05, 0.1) is 17.9 Å². The molecule has 0 atom stereocenters. The quantitative estimate of drug-likeness (QED) is 0.710. The Hall–Kier alpha value is -1.88. The Bertz CT molecular complexity index is 799. The zero-order valence-corrected chi connectivity index (χ0v) is 15.9. The lowest BCUT2D eigenvalue weighted by atomic mass is 9.82. The Kier molecular flexibility index (Phi) is 4.50. The number of carbonyl (C=O) groups is 1. The molecule has 130 valence electrons. The van der Waals surface area contributed by atoms with E-state index in [2.05, 4.69) is 33.2 Å². The van der Waals surface area contributed by atoms with E-state index in [-0.39, 0.29) is 11.8 Å². The largest absolute Gasteiger partial charge is 0.338 e. The highest BCUT2D eigenvalue weighted by atomic mass is 79.9. The van der Waals surface area contributed by atoms with Crippen molar-refractivity contribution in [3.63, 3.8) is 0 Å². The summed E-state index contributed by atoms with van der Waals surface area (Å²) < 4.78 is 0.974. The van der Waals surface area contributed by atoms with Gasteiger partial charge in [0.25, 0.3) is 0 Å². The van der Waals surface area contributed by atoms with Gasteiger partial charge in [-0.05, 0) is 55.9 Å². The molecule has 4 nitrogen and oxygen atoms in total. The van der Waals surface area contributed by atoms with Gasteiger partial charge in [0, 0.05) is 22.2 Å². The van der Waals surface area contributed by atoms with Crippen molar-refractivity contribution in [2.45, 2.75) is 39.2 Å². The van der Waals surface area contributed by atoms with Crippen molar-refractivity contribution in [2.75, 3.05) is 10.2 Å². The molecule has 2 aromatic rings. The molecule has 4 rings (SSSR count). The number of benzene rings is 1. The van der Waals surface area contributed by atoms with Crippen LogP contribution in [0.15, 0.2) is 41.0 Å². The summed E-state index contributed by atoms with van der Waals surface area (Å²) in [7, 11) is 0. The minimum atomic E-state index is 0.126. The van der Waals surface area contributed by atoms with E-state index in [9.17, 15) is 4.79 Å². The Morgan fingerprint density at radius 2 is 2.04 bits per heavy atom. The van der Waals surface area contributed by atoms with E-state index in [0.717, 1.165) is 58.8 Å². The van der Waals surface area contributed by atoms with Crippen LogP contribution < -0.4 is 10.2 Å². The number of halogens is 1. The monoisotopic (exact) mass is 399 g/mol. The highest BCUT2D eigenvalue weighted by Gasteiger charge is 2.32. The average molecular weight is 400 g/mol. The average Bonchev–Trinajstić information content (AvgIpc) is 2.78. The number of aromatic nitrogens is 1. The molecule has 1 aromatic heterocycles. The van der Waals surface area contributed by atoms with Crippen molar-refractivity contribution >= 4 is 39.0 Å². The van der Waals surface area contributed by atoms with E-state index in [1.54, 1.807) is 6.20 Å². The summed E-state index contributed by atoms with van der Waals surface area (Å²) in [5.74, 6) is 1.94. The van der Waals surface area contributed by atoms with Crippen LogP contribution in [0, 0.1) is 11.8 Å². The van der Waals surface area contributed by atoms with Crippen LogP contribution in [0.25, 0.3) is 0 Å². The number of hydrogen-bond donors (Lipinski definition) is 1. The van der Waals surface area contributed by atoms with Gasteiger partial charge in [0.2, 0.25) is 5.91 Å². The van der Waals surface area contributed by atoms with Gasteiger partial charge in [0.15, 0.2) is 0 Å². The van der Waals surface area contributed by atoms with Crippen LogP contribution in [0.1, 0.15) is 38.2 Å². The van der Waals surface area contributed by atoms with Gasteiger partial charge in [-0.2, -0.15) is 0 Å². The molecule has 1 amide bonds. The molecule has 1 aromatic carbocycles. The second-order valence-electron chi connectivity index (χ2n) is 7.18. The van der Waals surface area contributed by atoms with Gasteiger partial charge in [0.1, 0.15) is 5.82 Å². The fourth-order valence-corrected chi connectivity index (χ4v) is 4.17. The van der Waals surface area contributed by atoms with Gasteiger partial charge in [-0.25, -0.2) is 4.98 Å². The Morgan fingerprint density at radius 1 is 1.24 bits per heavy atom. The predicted octanol–water partition coefficient (Wildman–Crippen LogP) is 5.26. The lowest BCUT2D eigenvalue weighted by Gasteiger charge is -2.31. The van der Waals surface area contributed by atoms with Crippen LogP contribution in [-0.2, 0) is 11.3 Å². The number of hydrogen-bond acceptors (Lipinski definition) is 3. The molecule has 0 saturated heterocycles. The molecular weight excluding hydrogens is 378 g/mol. The number of nitrogens with zero attached hydrogens (tertiary/aromatic N) is 2. The summed E-state index contributed by atoms with van der Waals surface area (Å²) in [6.45, 7) is 2.84. The smallest absolute Gasteiger partial charge is 0.230 e. The Labute approximate surface area is 156 Å². The summed E-state index contributed by atoms with van der Waals surface area (Å²) >= 11 is 3.55. The fraction of sp³-hybridized carbons (Fsp3) is 0.400. The van der Waals surface area contributed by atoms with Gasteiger partial charge in [-0.1, -0.05) is 28.9 Å². The molecule has 0 bridgehead atoms. The first-order valence-corrected chi connectivity index (χ1v) is 9.73. The van der Waals surface area contributed by atoms with Crippen LogP contribution in [0.5, 0.6) is 0 Å². The van der Waals surface area contributed by atoms with E-state index in [4.69, 9.17) is 0 Å². The number of pyridine rings is 1. The molecule has 1 saturated carbocycles. The first-order chi connectivity index (χ1) is 12.1. The standard InChI is InChI=1S/C20H22BrN3O/c1-13-4-6-14(7-5-13)20(25)24-12-15-3-2-10-22-19(15)23-17-9-8-16(21)11-18(17)24/h2-3,8-11,13-14H,4-7,12H2,1H3,(H,22,23). The molecule has 5 heteroatoms. The molecule has 1 N–H and O–H groups in total. The third-order valence-electron chi connectivity index (χ3n) is 5.35. The number of carbonyl (C=O) groups excluding carboxylic acids is 1. The molecule has 25 heavy (non-hydrogen) atoms. The summed E-state index contributed by atoms with van der Waals surface area (Å²) in [6.07, 6.45) is 6.06. The lowest BCUT2D eigenvalue weighted by molar-refractivity contribution is -0.123. The first kappa shape index (κ1) is 16.6. The van der Waals surface area contributed by atoms with E-state index in [0.29, 0.717) is 6.54 Å². The number of nitrogens with one attached hydrogen (secondary N) is 1. The molecule has 0 radical (unpaired) electrons. The van der Waals surface area contributed by atoms with Gasteiger partial charge >= 0.3 is 0 Å². The minimum Gasteiger partial charge on any atom is -0.338 e. The van der Waals surface area contributed by atoms with Crippen molar-refractivity contribution in [3.8, 4) is 0 Å².